The van der Waals surface area contributed by atoms with Crippen LogP contribution in [0.15, 0.2) is 24.3 Å². The van der Waals surface area contributed by atoms with Crippen LogP contribution in [0.3, 0.4) is 0 Å². The Hall–Kier alpha value is -1.91. The topological polar surface area (TPSA) is 46.6 Å². The number of carbonyl (C=O) groups excluding carboxylic acids is 2. The number of rotatable bonds is 4. The second kappa shape index (κ2) is 5.61. The Morgan fingerprint density at radius 3 is 2.60 bits per heavy atom. The van der Waals surface area contributed by atoms with Crippen molar-refractivity contribution in [1.82, 2.24) is 4.90 Å². The van der Waals surface area contributed by atoms with Crippen molar-refractivity contribution >= 4 is 11.9 Å². The van der Waals surface area contributed by atoms with Crippen molar-refractivity contribution < 1.29 is 18.7 Å². The maximum atomic E-state index is 13.6. The molecule has 0 bridgehead atoms. The third kappa shape index (κ3) is 2.98. The van der Waals surface area contributed by atoms with E-state index < -0.39 is 12.1 Å². The molecular weight excluding hydrogens is 261 g/mol. The number of carbonyl (C=O) groups is 2. The van der Waals surface area contributed by atoms with Crippen molar-refractivity contribution in [2.45, 2.75) is 25.4 Å². The summed E-state index contributed by atoms with van der Waals surface area (Å²) >= 11 is 0. The first kappa shape index (κ1) is 14.5. The minimum absolute atomic E-state index is 0.134. The predicted octanol–water partition coefficient (Wildman–Crippen LogP) is 1.95. The molecule has 1 aliphatic rings. The maximum Gasteiger partial charge on any atom is 0.310 e. The number of ether oxygens (including phenoxy) is 1. The van der Waals surface area contributed by atoms with Crippen molar-refractivity contribution in [3.8, 4) is 0 Å². The number of halogens is 1. The van der Waals surface area contributed by atoms with Gasteiger partial charge in [0.25, 0.3) is 5.91 Å². The molecule has 0 unspecified atom stereocenters. The summed E-state index contributed by atoms with van der Waals surface area (Å²) in [4.78, 5) is 24.9. The Kier molecular flexibility index (Phi) is 4.06. The standard InChI is InChI=1S/C15H18FNO3/c1-9(14(18)17(2)3)20-15(19)12-8-11(12)10-6-4-5-7-13(10)16/h4-7,9,11-12H,8H2,1-3H3/t9-,11+,12+/m0/s1. The van der Waals surface area contributed by atoms with E-state index in [9.17, 15) is 14.0 Å². The lowest BCUT2D eigenvalue weighted by molar-refractivity contribution is -0.159. The van der Waals surface area contributed by atoms with Crippen LogP contribution in [-0.4, -0.2) is 37.0 Å². The van der Waals surface area contributed by atoms with E-state index in [1.165, 1.54) is 11.0 Å². The Labute approximate surface area is 117 Å². The summed E-state index contributed by atoms with van der Waals surface area (Å²) in [5.74, 6) is -1.47. The summed E-state index contributed by atoms with van der Waals surface area (Å²) in [6.45, 7) is 1.54. The van der Waals surface area contributed by atoms with E-state index in [1.54, 1.807) is 39.2 Å². The molecule has 108 valence electrons. The van der Waals surface area contributed by atoms with Crippen LogP contribution >= 0.6 is 0 Å². The minimum Gasteiger partial charge on any atom is -0.452 e. The van der Waals surface area contributed by atoms with Gasteiger partial charge in [0.1, 0.15) is 5.82 Å². The fourth-order valence-corrected chi connectivity index (χ4v) is 2.25. The second-order valence-electron chi connectivity index (χ2n) is 5.28. The van der Waals surface area contributed by atoms with E-state index in [0.717, 1.165) is 0 Å². The van der Waals surface area contributed by atoms with Crippen LogP contribution in [0.4, 0.5) is 4.39 Å². The molecule has 1 saturated carbocycles. The molecule has 1 amide bonds. The molecular formula is C15H18FNO3. The van der Waals surface area contributed by atoms with E-state index >= 15 is 0 Å². The number of esters is 1. The second-order valence-corrected chi connectivity index (χ2v) is 5.28. The number of amides is 1. The monoisotopic (exact) mass is 279 g/mol. The average molecular weight is 279 g/mol. The number of hydrogen-bond donors (Lipinski definition) is 0. The highest BCUT2D eigenvalue weighted by atomic mass is 19.1. The van der Waals surface area contributed by atoms with E-state index in [-0.39, 0.29) is 23.6 Å². The molecule has 0 aromatic heterocycles. The molecule has 1 aromatic carbocycles. The van der Waals surface area contributed by atoms with E-state index in [2.05, 4.69) is 0 Å². The van der Waals surface area contributed by atoms with Gasteiger partial charge in [0.05, 0.1) is 5.92 Å². The van der Waals surface area contributed by atoms with E-state index in [4.69, 9.17) is 4.74 Å². The zero-order chi connectivity index (χ0) is 14.9. The summed E-state index contributed by atoms with van der Waals surface area (Å²) in [7, 11) is 3.21. The lowest BCUT2D eigenvalue weighted by atomic mass is 10.1. The van der Waals surface area contributed by atoms with E-state index in [1.807, 2.05) is 0 Å². The SMILES string of the molecule is C[C@H](OC(=O)[C@@H]1C[C@@H]1c1ccccc1F)C(=O)N(C)C. The van der Waals surface area contributed by atoms with Gasteiger partial charge in [0.2, 0.25) is 0 Å². The van der Waals surface area contributed by atoms with Crippen LogP contribution in [0.5, 0.6) is 0 Å². The minimum atomic E-state index is -0.806. The Morgan fingerprint density at radius 1 is 1.35 bits per heavy atom. The highest BCUT2D eigenvalue weighted by Crippen LogP contribution is 2.49. The van der Waals surface area contributed by atoms with Gasteiger partial charge in [-0.2, -0.15) is 0 Å². The maximum absolute atomic E-state index is 13.6. The number of benzene rings is 1. The van der Waals surface area contributed by atoms with Crippen molar-refractivity contribution in [2.75, 3.05) is 14.1 Å². The summed E-state index contributed by atoms with van der Waals surface area (Å²) in [6.07, 6.45) is -0.234. The van der Waals surface area contributed by atoms with Crippen LogP contribution < -0.4 is 0 Å². The lowest BCUT2D eigenvalue weighted by Gasteiger charge is -2.17. The summed E-state index contributed by atoms with van der Waals surface area (Å²) in [6, 6.07) is 6.43. The van der Waals surface area contributed by atoms with Gasteiger partial charge in [-0.1, -0.05) is 18.2 Å². The van der Waals surface area contributed by atoms with Gasteiger partial charge in [-0.3, -0.25) is 9.59 Å². The molecule has 0 heterocycles. The summed E-state index contributed by atoms with van der Waals surface area (Å²) in [5.41, 5.74) is 0.543. The largest absolute Gasteiger partial charge is 0.452 e. The molecule has 0 aliphatic heterocycles. The van der Waals surface area contributed by atoms with Gasteiger partial charge in [-0.15, -0.1) is 0 Å². The van der Waals surface area contributed by atoms with Crippen molar-refractivity contribution in [1.29, 1.82) is 0 Å². The quantitative estimate of drug-likeness (QED) is 0.791. The van der Waals surface area contributed by atoms with Crippen LogP contribution in [0.25, 0.3) is 0 Å². The number of hydrogen-bond acceptors (Lipinski definition) is 3. The zero-order valence-corrected chi connectivity index (χ0v) is 11.8. The van der Waals surface area contributed by atoms with Crippen molar-refractivity contribution in [2.24, 2.45) is 5.92 Å². The van der Waals surface area contributed by atoms with Crippen LogP contribution in [0, 0.1) is 11.7 Å². The summed E-state index contributed by atoms with van der Waals surface area (Å²) in [5, 5.41) is 0. The smallest absolute Gasteiger partial charge is 0.310 e. The molecule has 3 atom stereocenters. The lowest BCUT2D eigenvalue weighted by Crippen LogP contribution is -2.35. The van der Waals surface area contributed by atoms with Gasteiger partial charge >= 0.3 is 5.97 Å². The molecule has 2 rings (SSSR count). The van der Waals surface area contributed by atoms with Crippen LogP contribution in [-0.2, 0) is 14.3 Å². The average Bonchev–Trinajstić information content (AvgIpc) is 3.18. The molecule has 0 spiro atoms. The molecule has 5 heteroatoms. The predicted molar refractivity (Wildman–Crippen MR) is 71.5 cm³/mol. The fraction of sp³-hybridized carbons (Fsp3) is 0.467. The van der Waals surface area contributed by atoms with Crippen LogP contribution in [0.2, 0.25) is 0 Å². The Balaban J connectivity index is 1.94. The molecule has 0 radical (unpaired) electrons. The molecule has 0 saturated heterocycles. The number of likely N-dealkylation sites (N-methyl/N-ethyl adjacent to an activating group) is 1. The van der Waals surface area contributed by atoms with Gasteiger partial charge in [-0.05, 0) is 25.0 Å². The van der Waals surface area contributed by atoms with Gasteiger partial charge in [-0.25, -0.2) is 4.39 Å². The van der Waals surface area contributed by atoms with Crippen molar-refractivity contribution in [3.05, 3.63) is 35.6 Å². The zero-order valence-electron chi connectivity index (χ0n) is 11.8. The molecule has 20 heavy (non-hydrogen) atoms. The third-order valence-corrected chi connectivity index (χ3v) is 3.48. The molecule has 4 nitrogen and oxygen atoms in total. The summed E-state index contributed by atoms with van der Waals surface area (Å²) < 4.78 is 18.7. The fourth-order valence-electron chi connectivity index (χ4n) is 2.25. The van der Waals surface area contributed by atoms with Gasteiger partial charge < -0.3 is 9.64 Å². The first-order chi connectivity index (χ1) is 9.41. The Morgan fingerprint density at radius 2 is 2.00 bits per heavy atom. The molecule has 1 aromatic rings. The molecule has 0 N–H and O–H groups in total. The Bertz CT molecular complexity index is 530. The van der Waals surface area contributed by atoms with E-state index in [0.29, 0.717) is 12.0 Å². The molecule has 1 aliphatic carbocycles. The van der Waals surface area contributed by atoms with Gasteiger partial charge in [0, 0.05) is 20.0 Å². The first-order valence-electron chi connectivity index (χ1n) is 6.58. The van der Waals surface area contributed by atoms with Gasteiger partial charge in [0.15, 0.2) is 6.10 Å². The highest BCUT2D eigenvalue weighted by molar-refractivity contribution is 5.85. The normalized spacial score (nSPS) is 22.0. The first-order valence-corrected chi connectivity index (χ1v) is 6.58. The highest BCUT2D eigenvalue weighted by Gasteiger charge is 2.47. The number of nitrogens with zero attached hydrogens (tertiary/aromatic N) is 1. The van der Waals surface area contributed by atoms with Crippen molar-refractivity contribution in [3.63, 3.8) is 0 Å². The third-order valence-electron chi connectivity index (χ3n) is 3.48. The van der Waals surface area contributed by atoms with Crippen LogP contribution in [0.1, 0.15) is 24.8 Å². The molecule has 1 fully saturated rings.